The Hall–Kier alpha value is -1.53. The van der Waals surface area contributed by atoms with Crippen LogP contribution in [0.3, 0.4) is 0 Å². The quantitative estimate of drug-likeness (QED) is 0.815. The lowest BCUT2D eigenvalue weighted by molar-refractivity contribution is 0.201. The highest BCUT2D eigenvalue weighted by Gasteiger charge is 2.09. The van der Waals surface area contributed by atoms with E-state index in [9.17, 15) is 4.39 Å². The zero-order chi connectivity index (χ0) is 13.7. The van der Waals surface area contributed by atoms with Crippen LogP contribution in [-0.2, 0) is 17.7 Å². The summed E-state index contributed by atoms with van der Waals surface area (Å²) in [5, 5.41) is 0.857. The van der Waals surface area contributed by atoms with Gasteiger partial charge >= 0.3 is 0 Å². The summed E-state index contributed by atoms with van der Waals surface area (Å²) in [7, 11) is 3.61. The molecule has 0 saturated heterocycles. The van der Waals surface area contributed by atoms with E-state index in [0.717, 1.165) is 22.9 Å². The molecule has 2 rings (SSSR count). The van der Waals surface area contributed by atoms with E-state index in [4.69, 9.17) is 4.74 Å². The number of aromatic nitrogens is 2. The Balaban J connectivity index is 1.97. The van der Waals surface area contributed by atoms with Gasteiger partial charge in [0.05, 0.1) is 6.61 Å². The lowest BCUT2D eigenvalue weighted by Crippen LogP contribution is -2.16. The van der Waals surface area contributed by atoms with Crippen LogP contribution in [0.4, 0.5) is 9.52 Å². The second-order valence-electron chi connectivity index (χ2n) is 4.22. The first-order valence-electron chi connectivity index (χ1n) is 5.96. The van der Waals surface area contributed by atoms with Crippen LogP contribution >= 0.6 is 11.5 Å². The van der Waals surface area contributed by atoms with Crippen molar-refractivity contribution in [2.45, 2.75) is 13.0 Å². The third-order valence-corrected chi connectivity index (χ3v) is 3.52. The second-order valence-corrected chi connectivity index (χ2v) is 4.95. The molecule has 0 atom stereocenters. The maximum atomic E-state index is 12.8. The maximum absolute atomic E-state index is 12.8. The fourth-order valence-electron chi connectivity index (χ4n) is 1.63. The van der Waals surface area contributed by atoms with Crippen molar-refractivity contribution in [1.82, 2.24) is 9.36 Å². The van der Waals surface area contributed by atoms with Gasteiger partial charge in [-0.05, 0) is 17.7 Å². The SMILES string of the molecule is COCCc1nsc(N(C)Cc2ccc(F)cc2)n1. The zero-order valence-electron chi connectivity index (χ0n) is 11.0. The summed E-state index contributed by atoms with van der Waals surface area (Å²) in [6, 6.07) is 6.48. The highest BCUT2D eigenvalue weighted by atomic mass is 32.1. The molecule has 0 N–H and O–H groups in total. The van der Waals surface area contributed by atoms with Crippen LogP contribution in [-0.4, -0.2) is 30.1 Å². The van der Waals surface area contributed by atoms with E-state index in [1.54, 1.807) is 19.2 Å². The zero-order valence-corrected chi connectivity index (χ0v) is 11.8. The molecule has 0 amide bonds. The van der Waals surface area contributed by atoms with Crippen LogP contribution in [0.5, 0.6) is 0 Å². The van der Waals surface area contributed by atoms with Crippen molar-refractivity contribution in [3.63, 3.8) is 0 Å². The largest absolute Gasteiger partial charge is 0.384 e. The average molecular weight is 281 g/mol. The van der Waals surface area contributed by atoms with Crippen molar-refractivity contribution in [3.8, 4) is 0 Å². The summed E-state index contributed by atoms with van der Waals surface area (Å²) in [4.78, 5) is 6.44. The summed E-state index contributed by atoms with van der Waals surface area (Å²) in [5.41, 5.74) is 1.04. The molecule has 0 saturated carbocycles. The molecule has 0 fully saturated rings. The number of rotatable bonds is 6. The van der Waals surface area contributed by atoms with Gasteiger partial charge in [0, 0.05) is 38.7 Å². The van der Waals surface area contributed by atoms with E-state index >= 15 is 0 Å². The number of hydrogen-bond donors (Lipinski definition) is 0. The number of halogens is 1. The molecule has 0 unspecified atom stereocenters. The molecule has 0 radical (unpaired) electrons. The smallest absolute Gasteiger partial charge is 0.205 e. The maximum Gasteiger partial charge on any atom is 0.205 e. The van der Waals surface area contributed by atoms with Crippen molar-refractivity contribution >= 4 is 16.7 Å². The summed E-state index contributed by atoms with van der Waals surface area (Å²) in [6.07, 6.45) is 0.720. The standard InChI is InChI=1S/C13H16FN3OS/c1-17(9-10-3-5-11(14)6-4-10)13-15-12(16-19-13)7-8-18-2/h3-6H,7-9H2,1-2H3. The van der Waals surface area contributed by atoms with E-state index in [0.29, 0.717) is 13.2 Å². The molecule has 102 valence electrons. The van der Waals surface area contributed by atoms with Gasteiger partial charge in [-0.15, -0.1) is 0 Å². The van der Waals surface area contributed by atoms with Crippen molar-refractivity contribution < 1.29 is 9.13 Å². The van der Waals surface area contributed by atoms with Crippen molar-refractivity contribution in [2.75, 3.05) is 25.7 Å². The Bertz CT molecular complexity index is 515. The lowest BCUT2D eigenvalue weighted by atomic mass is 10.2. The molecule has 0 bridgehead atoms. The number of anilines is 1. The Morgan fingerprint density at radius 1 is 1.32 bits per heavy atom. The Labute approximate surface area is 116 Å². The molecule has 19 heavy (non-hydrogen) atoms. The van der Waals surface area contributed by atoms with Gasteiger partial charge in [-0.3, -0.25) is 0 Å². The molecule has 6 heteroatoms. The van der Waals surface area contributed by atoms with Gasteiger partial charge in [0.15, 0.2) is 0 Å². The van der Waals surface area contributed by atoms with Crippen LogP contribution < -0.4 is 4.90 Å². The molecule has 1 heterocycles. The van der Waals surface area contributed by atoms with E-state index < -0.39 is 0 Å². The topological polar surface area (TPSA) is 38.2 Å². The Morgan fingerprint density at radius 2 is 2.05 bits per heavy atom. The highest BCUT2D eigenvalue weighted by molar-refractivity contribution is 7.09. The molecule has 0 aliphatic heterocycles. The fraction of sp³-hybridized carbons (Fsp3) is 0.385. The van der Waals surface area contributed by atoms with Crippen LogP contribution in [0.15, 0.2) is 24.3 Å². The third kappa shape index (κ3) is 3.97. The average Bonchev–Trinajstić information content (AvgIpc) is 2.88. The van der Waals surface area contributed by atoms with E-state index in [1.165, 1.54) is 23.7 Å². The third-order valence-electron chi connectivity index (χ3n) is 2.65. The van der Waals surface area contributed by atoms with Gasteiger partial charge in [-0.25, -0.2) is 9.37 Å². The van der Waals surface area contributed by atoms with Crippen molar-refractivity contribution in [2.24, 2.45) is 0 Å². The number of hydrogen-bond acceptors (Lipinski definition) is 5. The minimum absolute atomic E-state index is 0.218. The van der Waals surface area contributed by atoms with Crippen LogP contribution in [0.25, 0.3) is 0 Å². The van der Waals surface area contributed by atoms with Gasteiger partial charge in [-0.1, -0.05) is 12.1 Å². The predicted octanol–water partition coefficient (Wildman–Crippen LogP) is 2.50. The lowest BCUT2D eigenvalue weighted by Gasteiger charge is -2.14. The first-order valence-corrected chi connectivity index (χ1v) is 6.73. The fourth-order valence-corrected chi connectivity index (χ4v) is 2.30. The first kappa shape index (κ1) is 13.9. The first-order chi connectivity index (χ1) is 9.19. The van der Waals surface area contributed by atoms with Crippen molar-refractivity contribution in [1.29, 1.82) is 0 Å². The van der Waals surface area contributed by atoms with Gasteiger partial charge in [0.1, 0.15) is 11.6 Å². The molecule has 0 spiro atoms. The Morgan fingerprint density at radius 3 is 2.74 bits per heavy atom. The summed E-state index contributed by atoms with van der Waals surface area (Å²) in [5.74, 6) is 0.581. The molecular weight excluding hydrogens is 265 g/mol. The van der Waals surface area contributed by atoms with Gasteiger partial charge < -0.3 is 9.64 Å². The van der Waals surface area contributed by atoms with Crippen molar-refractivity contribution in [3.05, 3.63) is 41.5 Å². The summed E-state index contributed by atoms with van der Waals surface area (Å²) in [6.45, 7) is 1.30. The molecule has 0 aliphatic rings. The Kier molecular flexibility index (Phi) is 4.81. The number of ether oxygens (including phenoxy) is 1. The molecule has 0 aliphatic carbocycles. The number of methoxy groups -OCH3 is 1. The van der Waals surface area contributed by atoms with Crippen LogP contribution in [0.2, 0.25) is 0 Å². The van der Waals surface area contributed by atoms with E-state index in [-0.39, 0.29) is 5.82 Å². The summed E-state index contributed by atoms with van der Waals surface area (Å²) >= 11 is 1.37. The predicted molar refractivity (Wildman–Crippen MR) is 74.0 cm³/mol. The number of benzene rings is 1. The van der Waals surface area contributed by atoms with Crippen LogP contribution in [0.1, 0.15) is 11.4 Å². The number of nitrogens with zero attached hydrogens (tertiary/aromatic N) is 3. The van der Waals surface area contributed by atoms with E-state index in [1.807, 2.05) is 11.9 Å². The molecular formula is C13H16FN3OS. The summed E-state index contributed by atoms with van der Waals surface area (Å²) < 4.78 is 22.1. The van der Waals surface area contributed by atoms with Gasteiger partial charge in [0.2, 0.25) is 5.13 Å². The van der Waals surface area contributed by atoms with Gasteiger partial charge in [0.25, 0.3) is 0 Å². The monoisotopic (exact) mass is 281 g/mol. The minimum Gasteiger partial charge on any atom is -0.384 e. The molecule has 4 nitrogen and oxygen atoms in total. The molecule has 1 aromatic heterocycles. The van der Waals surface area contributed by atoms with Crippen LogP contribution in [0, 0.1) is 5.82 Å². The van der Waals surface area contributed by atoms with Gasteiger partial charge in [-0.2, -0.15) is 4.37 Å². The van der Waals surface area contributed by atoms with E-state index in [2.05, 4.69) is 9.36 Å². The minimum atomic E-state index is -0.218. The molecule has 2 aromatic rings. The second kappa shape index (κ2) is 6.58. The normalized spacial score (nSPS) is 10.7. The highest BCUT2D eigenvalue weighted by Crippen LogP contribution is 2.18. The molecule has 1 aromatic carbocycles.